The molecule has 3 aromatic carbocycles. The molecule has 0 fully saturated rings. The van der Waals surface area contributed by atoms with Crippen LogP contribution in [0.3, 0.4) is 0 Å². The normalized spacial score (nSPS) is 11.1. The van der Waals surface area contributed by atoms with Crippen molar-refractivity contribution in [2.24, 2.45) is 0 Å². The summed E-state index contributed by atoms with van der Waals surface area (Å²) in [6, 6.07) is 19.7. The largest absolute Gasteiger partial charge is 0.455 e. The van der Waals surface area contributed by atoms with E-state index in [9.17, 15) is 13.2 Å². The Morgan fingerprint density at radius 1 is 0.964 bits per heavy atom. The number of hydrogen-bond acceptors (Lipinski definition) is 4. The van der Waals surface area contributed by atoms with Gasteiger partial charge in [0.25, 0.3) is 5.91 Å². The van der Waals surface area contributed by atoms with Crippen molar-refractivity contribution in [2.45, 2.75) is 4.90 Å². The summed E-state index contributed by atoms with van der Waals surface area (Å²) in [5.74, 6) is 0.513. The summed E-state index contributed by atoms with van der Waals surface area (Å²) in [7, 11) is -2.35. The van der Waals surface area contributed by atoms with Crippen LogP contribution in [0.5, 0.6) is 11.5 Å². The lowest BCUT2D eigenvalue weighted by Crippen LogP contribution is -2.19. The minimum absolute atomic E-state index is 0.00509. The number of ether oxygens (including phenoxy) is 1. The fraction of sp³-hybridized carbons (Fsp3) is 0.0500. The zero-order chi connectivity index (χ0) is 20.1. The number of hydrogen-bond donors (Lipinski definition) is 2. The Morgan fingerprint density at radius 2 is 1.71 bits per heavy atom. The topological polar surface area (TPSA) is 84.5 Å². The lowest BCUT2D eigenvalue weighted by atomic mass is 10.2. The number of sulfonamides is 1. The molecule has 28 heavy (non-hydrogen) atoms. The molecule has 0 saturated heterocycles. The van der Waals surface area contributed by atoms with Crippen molar-refractivity contribution in [3.05, 3.63) is 83.4 Å². The summed E-state index contributed by atoms with van der Waals surface area (Å²) < 4.78 is 31.9. The molecule has 0 aliphatic carbocycles. The molecule has 144 valence electrons. The highest BCUT2D eigenvalue weighted by Gasteiger charge is 2.16. The van der Waals surface area contributed by atoms with Crippen molar-refractivity contribution in [3.8, 4) is 11.5 Å². The highest BCUT2D eigenvalue weighted by molar-refractivity contribution is 7.89. The first-order valence-corrected chi connectivity index (χ1v) is 10.1. The number of rotatable bonds is 6. The highest BCUT2D eigenvalue weighted by atomic mass is 35.5. The van der Waals surface area contributed by atoms with Crippen molar-refractivity contribution in [2.75, 3.05) is 12.4 Å². The van der Waals surface area contributed by atoms with Gasteiger partial charge in [0.15, 0.2) is 5.75 Å². The van der Waals surface area contributed by atoms with Gasteiger partial charge in [0, 0.05) is 10.6 Å². The van der Waals surface area contributed by atoms with Crippen LogP contribution in [0.2, 0.25) is 5.02 Å². The molecule has 0 radical (unpaired) electrons. The van der Waals surface area contributed by atoms with Gasteiger partial charge in [-0.1, -0.05) is 35.9 Å². The third-order valence-electron chi connectivity index (χ3n) is 3.84. The minimum Gasteiger partial charge on any atom is -0.455 e. The van der Waals surface area contributed by atoms with E-state index in [0.29, 0.717) is 22.2 Å². The first kappa shape index (κ1) is 19.9. The average molecular weight is 417 g/mol. The van der Waals surface area contributed by atoms with E-state index in [1.54, 1.807) is 30.3 Å². The van der Waals surface area contributed by atoms with Crippen LogP contribution in [0.25, 0.3) is 0 Å². The molecule has 0 spiro atoms. The van der Waals surface area contributed by atoms with Crippen LogP contribution in [-0.2, 0) is 10.0 Å². The zero-order valence-corrected chi connectivity index (χ0v) is 16.4. The Balaban J connectivity index is 1.88. The van der Waals surface area contributed by atoms with Gasteiger partial charge >= 0.3 is 0 Å². The molecule has 3 rings (SSSR count). The third-order valence-corrected chi connectivity index (χ3v) is 5.48. The van der Waals surface area contributed by atoms with E-state index in [0.717, 1.165) is 0 Å². The van der Waals surface area contributed by atoms with Crippen LogP contribution >= 0.6 is 11.6 Å². The molecule has 0 aliphatic rings. The fourth-order valence-electron chi connectivity index (χ4n) is 2.42. The molecule has 2 N–H and O–H groups in total. The molecule has 1 amide bonds. The second-order valence-corrected chi connectivity index (χ2v) is 8.07. The quantitative estimate of drug-likeness (QED) is 0.627. The number of carbonyl (C=O) groups excluding carboxylic acids is 1. The van der Waals surface area contributed by atoms with Gasteiger partial charge in [0.05, 0.1) is 10.6 Å². The molecular weight excluding hydrogens is 400 g/mol. The first-order valence-electron chi connectivity index (χ1n) is 8.26. The molecule has 0 saturated carbocycles. The molecule has 0 atom stereocenters. The first-order chi connectivity index (χ1) is 13.4. The number of benzene rings is 3. The molecule has 0 aromatic heterocycles. The second kappa shape index (κ2) is 8.43. The highest BCUT2D eigenvalue weighted by Crippen LogP contribution is 2.32. The van der Waals surface area contributed by atoms with E-state index in [1.165, 1.54) is 31.3 Å². The van der Waals surface area contributed by atoms with E-state index in [4.69, 9.17) is 16.3 Å². The molecule has 0 unspecified atom stereocenters. The van der Waals surface area contributed by atoms with Gasteiger partial charge in [-0.3, -0.25) is 4.79 Å². The van der Waals surface area contributed by atoms with Gasteiger partial charge in [-0.15, -0.1) is 0 Å². The van der Waals surface area contributed by atoms with Gasteiger partial charge in [0.2, 0.25) is 10.0 Å². The van der Waals surface area contributed by atoms with Crippen LogP contribution in [0.1, 0.15) is 10.4 Å². The van der Waals surface area contributed by atoms with E-state index in [1.807, 2.05) is 18.2 Å². The number of carbonyl (C=O) groups is 1. The Labute approximate surface area is 168 Å². The second-order valence-electron chi connectivity index (χ2n) is 5.75. The molecule has 0 heterocycles. The molecule has 0 aliphatic heterocycles. The minimum atomic E-state index is -3.66. The molecule has 0 bridgehead atoms. The number of halogens is 1. The predicted molar refractivity (Wildman–Crippen MR) is 109 cm³/mol. The van der Waals surface area contributed by atoms with Gasteiger partial charge < -0.3 is 10.1 Å². The van der Waals surface area contributed by atoms with Gasteiger partial charge in [-0.05, 0) is 55.6 Å². The van der Waals surface area contributed by atoms with Gasteiger partial charge in [-0.25, -0.2) is 13.1 Å². The summed E-state index contributed by atoms with van der Waals surface area (Å²) in [6.45, 7) is 0. The molecular formula is C20H17ClN2O4S. The predicted octanol–water partition coefficient (Wildman–Crippen LogP) is 4.29. The maximum absolute atomic E-state index is 12.7. The zero-order valence-electron chi connectivity index (χ0n) is 14.8. The maximum atomic E-state index is 12.7. The molecule has 8 heteroatoms. The number of nitrogens with one attached hydrogen (secondary N) is 2. The van der Waals surface area contributed by atoms with Crippen LogP contribution in [0, 0.1) is 0 Å². The lowest BCUT2D eigenvalue weighted by Gasteiger charge is -2.13. The van der Waals surface area contributed by atoms with E-state index in [2.05, 4.69) is 10.0 Å². The Bertz CT molecular complexity index is 1100. The summed E-state index contributed by atoms with van der Waals surface area (Å²) in [6.07, 6.45) is 0. The Hall–Kier alpha value is -2.87. The smallest absolute Gasteiger partial charge is 0.255 e. The summed E-state index contributed by atoms with van der Waals surface area (Å²) >= 11 is 6.06. The van der Waals surface area contributed by atoms with E-state index < -0.39 is 15.9 Å². The molecule has 3 aromatic rings. The van der Waals surface area contributed by atoms with Crippen molar-refractivity contribution < 1.29 is 17.9 Å². The van der Waals surface area contributed by atoms with Crippen molar-refractivity contribution in [3.63, 3.8) is 0 Å². The Morgan fingerprint density at radius 3 is 2.43 bits per heavy atom. The van der Waals surface area contributed by atoms with E-state index >= 15 is 0 Å². The third kappa shape index (κ3) is 4.69. The van der Waals surface area contributed by atoms with Gasteiger partial charge in [-0.2, -0.15) is 0 Å². The summed E-state index contributed by atoms with van der Waals surface area (Å²) in [5, 5.41) is 3.14. The standard InChI is InChI=1S/C20H17ClN2O4S/c1-22-28(25,26)17-9-5-6-14(12-17)20(24)23-18-13-15(21)10-11-19(18)27-16-7-3-2-4-8-16/h2-13,22H,1H3,(H,23,24). The van der Waals surface area contributed by atoms with Crippen LogP contribution in [-0.4, -0.2) is 21.4 Å². The van der Waals surface area contributed by atoms with Crippen LogP contribution in [0.4, 0.5) is 5.69 Å². The number of amides is 1. The van der Waals surface area contributed by atoms with Crippen molar-refractivity contribution in [1.29, 1.82) is 0 Å². The summed E-state index contributed by atoms with van der Waals surface area (Å²) in [4.78, 5) is 12.7. The van der Waals surface area contributed by atoms with Crippen molar-refractivity contribution in [1.82, 2.24) is 4.72 Å². The fourth-order valence-corrected chi connectivity index (χ4v) is 3.37. The molecule has 6 nitrogen and oxygen atoms in total. The van der Waals surface area contributed by atoms with Crippen molar-refractivity contribution >= 4 is 33.2 Å². The Kier molecular flexibility index (Phi) is 5.99. The SMILES string of the molecule is CNS(=O)(=O)c1cccc(C(=O)Nc2cc(Cl)ccc2Oc2ccccc2)c1. The number of para-hydroxylation sites is 1. The van der Waals surface area contributed by atoms with E-state index in [-0.39, 0.29) is 10.5 Å². The maximum Gasteiger partial charge on any atom is 0.255 e. The monoisotopic (exact) mass is 416 g/mol. The summed E-state index contributed by atoms with van der Waals surface area (Å²) in [5.41, 5.74) is 0.546. The lowest BCUT2D eigenvalue weighted by molar-refractivity contribution is 0.102. The average Bonchev–Trinajstić information content (AvgIpc) is 2.71. The van der Waals surface area contributed by atoms with Crippen LogP contribution in [0.15, 0.2) is 77.7 Å². The number of anilines is 1. The van der Waals surface area contributed by atoms with Crippen LogP contribution < -0.4 is 14.8 Å². The van der Waals surface area contributed by atoms with Gasteiger partial charge in [0.1, 0.15) is 5.75 Å².